The second-order valence-corrected chi connectivity index (χ2v) is 5.54. The van der Waals surface area contributed by atoms with E-state index in [0.717, 1.165) is 5.56 Å². The molecule has 6 nitrogen and oxygen atoms in total. The maximum atomic E-state index is 10.3. The summed E-state index contributed by atoms with van der Waals surface area (Å²) >= 11 is 0. The Kier molecular flexibility index (Phi) is 3.45. The van der Waals surface area contributed by atoms with Crippen molar-refractivity contribution in [2.24, 2.45) is 0 Å². The van der Waals surface area contributed by atoms with E-state index in [0.29, 0.717) is 6.61 Å². The van der Waals surface area contributed by atoms with E-state index in [1.807, 2.05) is 30.3 Å². The van der Waals surface area contributed by atoms with Crippen LogP contribution in [0.2, 0.25) is 0 Å². The van der Waals surface area contributed by atoms with Crippen molar-refractivity contribution in [3.63, 3.8) is 0 Å². The second kappa shape index (κ2) is 5.31. The molecule has 3 aliphatic heterocycles. The molecule has 0 amide bonds. The zero-order valence-electron chi connectivity index (χ0n) is 11.6. The van der Waals surface area contributed by atoms with Gasteiger partial charge in [-0.25, -0.2) is 0 Å². The average molecular weight is 294 g/mol. The zero-order valence-corrected chi connectivity index (χ0v) is 11.6. The minimum Gasteiger partial charge on any atom is -0.387 e. The monoisotopic (exact) mass is 294 g/mol. The molecule has 4 aliphatic rings. The molecule has 6 heteroatoms. The van der Waals surface area contributed by atoms with Crippen molar-refractivity contribution in [3.8, 4) is 0 Å². The molecule has 0 spiro atoms. The normalized spacial score (nSPS) is 44.2. The molecule has 7 atom stereocenters. The SMILES string of the molecule is CO[C@H]1[C@H]2O[C@H]3O[C@@H]1[C@H](O)[C@@H](O3)[C@H]2OCc1ccccc1. The summed E-state index contributed by atoms with van der Waals surface area (Å²) < 4.78 is 28.1. The van der Waals surface area contributed by atoms with E-state index in [1.165, 1.54) is 0 Å². The van der Waals surface area contributed by atoms with Gasteiger partial charge >= 0.3 is 0 Å². The molecule has 5 rings (SSSR count). The van der Waals surface area contributed by atoms with Crippen LogP contribution in [0.5, 0.6) is 0 Å². The van der Waals surface area contributed by atoms with Gasteiger partial charge in [-0.15, -0.1) is 0 Å². The van der Waals surface area contributed by atoms with Crippen LogP contribution in [0.15, 0.2) is 30.3 Å². The number of methoxy groups -OCH3 is 1. The number of aliphatic hydroxyl groups is 1. The van der Waals surface area contributed by atoms with Crippen molar-refractivity contribution >= 4 is 0 Å². The number of hydrogen-bond acceptors (Lipinski definition) is 6. The van der Waals surface area contributed by atoms with Gasteiger partial charge in [0.05, 0.1) is 6.61 Å². The van der Waals surface area contributed by atoms with E-state index in [1.54, 1.807) is 7.11 Å². The number of aliphatic hydroxyl groups excluding tert-OH is 1. The van der Waals surface area contributed by atoms with Gasteiger partial charge in [-0.05, 0) is 5.56 Å². The van der Waals surface area contributed by atoms with Gasteiger partial charge in [-0.1, -0.05) is 30.3 Å². The molecular weight excluding hydrogens is 276 g/mol. The van der Waals surface area contributed by atoms with E-state index in [9.17, 15) is 5.11 Å². The fourth-order valence-electron chi connectivity index (χ4n) is 3.31. The molecule has 4 fully saturated rings. The van der Waals surface area contributed by atoms with Crippen molar-refractivity contribution in [2.75, 3.05) is 7.11 Å². The molecule has 1 aromatic carbocycles. The fourth-order valence-corrected chi connectivity index (χ4v) is 3.31. The standard InChI is InChI=1S/C15H18O6/c1-17-12-10-9(16)11-13(14(12)21-15(19-10)20-11)18-7-8-5-3-2-4-6-8/h2-6,9-16H,7H2,1H3/t9-,10+,11+,12+,13+,14+,15-/m0/s1. The van der Waals surface area contributed by atoms with Crippen LogP contribution < -0.4 is 0 Å². The van der Waals surface area contributed by atoms with Gasteiger partial charge in [0.2, 0.25) is 0 Å². The molecule has 114 valence electrons. The molecule has 3 heterocycles. The Morgan fingerprint density at radius 3 is 2.38 bits per heavy atom. The first-order valence-electron chi connectivity index (χ1n) is 7.10. The van der Waals surface area contributed by atoms with Crippen LogP contribution in [0.1, 0.15) is 5.56 Å². The van der Waals surface area contributed by atoms with Crippen LogP contribution in [-0.4, -0.2) is 55.3 Å². The van der Waals surface area contributed by atoms with Crippen molar-refractivity contribution in [1.29, 1.82) is 0 Å². The third-order valence-electron chi connectivity index (χ3n) is 4.33. The van der Waals surface area contributed by atoms with Gasteiger partial charge in [-0.2, -0.15) is 0 Å². The summed E-state index contributed by atoms with van der Waals surface area (Å²) in [6, 6.07) is 9.86. The van der Waals surface area contributed by atoms with E-state index >= 15 is 0 Å². The van der Waals surface area contributed by atoms with Crippen molar-refractivity contribution < 1.29 is 28.8 Å². The van der Waals surface area contributed by atoms with Crippen LogP contribution in [0.3, 0.4) is 0 Å². The first kappa shape index (κ1) is 13.6. The van der Waals surface area contributed by atoms with Gasteiger partial charge in [-0.3, -0.25) is 0 Å². The molecular formula is C15H18O6. The average Bonchev–Trinajstić information content (AvgIpc) is 2.52. The summed E-state index contributed by atoms with van der Waals surface area (Å²) in [4.78, 5) is 0. The van der Waals surface area contributed by atoms with Crippen LogP contribution in [-0.2, 0) is 30.3 Å². The molecule has 1 N–H and O–H groups in total. The van der Waals surface area contributed by atoms with Crippen LogP contribution in [0.25, 0.3) is 0 Å². The predicted molar refractivity (Wildman–Crippen MR) is 70.2 cm³/mol. The van der Waals surface area contributed by atoms with Crippen molar-refractivity contribution in [1.82, 2.24) is 0 Å². The summed E-state index contributed by atoms with van der Waals surface area (Å²) in [5, 5.41) is 10.3. The lowest BCUT2D eigenvalue weighted by molar-refractivity contribution is -0.485. The Balaban J connectivity index is 1.52. The largest absolute Gasteiger partial charge is 0.387 e. The van der Waals surface area contributed by atoms with Crippen LogP contribution >= 0.6 is 0 Å². The van der Waals surface area contributed by atoms with Gasteiger partial charge in [0, 0.05) is 7.11 Å². The Hall–Kier alpha value is -1.02. The van der Waals surface area contributed by atoms with Crippen molar-refractivity contribution in [3.05, 3.63) is 35.9 Å². The molecule has 21 heavy (non-hydrogen) atoms. The van der Waals surface area contributed by atoms with E-state index in [-0.39, 0.29) is 18.3 Å². The minimum absolute atomic E-state index is 0.287. The molecule has 4 bridgehead atoms. The zero-order chi connectivity index (χ0) is 14.4. The first-order valence-corrected chi connectivity index (χ1v) is 7.10. The molecule has 1 saturated carbocycles. The van der Waals surface area contributed by atoms with Gasteiger partial charge in [0.25, 0.3) is 6.48 Å². The maximum Gasteiger partial charge on any atom is 0.272 e. The highest BCUT2D eigenvalue weighted by atomic mass is 16.9. The number of hydrogen-bond donors (Lipinski definition) is 1. The molecule has 1 aromatic rings. The summed E-state index contributed by atoms with van der Waals surface area (Å²) in [6.07, 6.45) is -2.65. The van der Waals surface area contributed by atoms with Gasteiger partial charge < -0.3 is 28.8 Å². The minimum atomic E-state index is -0.771. The molecule has 0 radical (unpaired) electrons. The summed E-state index contributed by atoms with van der Waals surface area (Å²) in [5.41, 5.74) is 1.06. The predicted octanol–water partition coefficient (Wildman–Crippen LogP) is 0.428. The highest BCUT2D eigenvalue weighted by molar-refractivity contribution is 5.14. The van der Waals surface area contributed by atoms with E-state index in [2.05, 4.69) is 0 Å². The maximum absolute atomic E-state index is 10.3. The number of benzene rings is 1. The lowest BCUT2D eigenvalue weighted by atomic mass is 9.82. The van der Waals surface area contributed by atoms with Crippen molar-refractivity contribution in [2.45, 2.75) is 49.7 Å². The Morgan fingerprint density at radius 1 is 1.00 bits per heavy atom. The van der Waals surface area contributed by atoms with E-state index < -0.39 is 24.8 Å². The van der Waals surface area contributed by atoms with Crippen LogP contribution in [0.4, 0.5) is 0 Å². The molecule has 0 unspecified atom stereocenters. The summed E-state index contributed by atoms with van der Waals surface area (Å²) in [6.45, 7) is -0.290. The van der Waals surface area contributed by atoms with Crippen LogP contribution in [0, 0.1) is 0 Å². The van der Waals surface area contributed by atoms with Gasteiger partial charge in [0.15, 0.2) is 0 Å². The summed E-state index contributed by atoms with van der Waals surface area (Å²) in [7, 11) is 1.58. The molecule has 3 saturated heterocycles. The smallest absolute Gasteiger partial charge is 0.272 e. The quantitative estimate of drug-likeness (QED) is 0.868. The lowest BCUT2D eigenvalue weighted by Crippen LogP contribution is -2.75. The Labute approximate surface area is 122 Å². The summed E-state index contributed by atoms with van der Waals surface area (Å²) in [5.74, 6) is 0. The second-order valence-electron chi connectivity index (χ2n) is 5.54. The fraction of sp³-hybridized carbons (Fsp3) is 0.600. The Morgan fingerprint density at radius 2 is 1.67 bits per heavy atom. The Bertz CT molecular complexity index is 494. The highest BCUT2D eigenvalue weighted by Crippen LogP contribution is 2.42. The molecule has 1 aliphatic carbocycles. The lowest BCUT2D eigenvalue weighted by Gasteiger charge is -2.57. The first-order chi connectivity index (χ1) is 10.3. The third-order valence-corrected chi connectivity index (χ3v) is 4.33. The third kappa shape index (κ3) is 2.19. The molecule has 0 aromatic heterocycles. The highest BCUT2D eigenvalue weighted by Gasteiger charge is 2.62. The number of ether oxygens (including phenoxy) is 5. The number of rotatable bonds is 4. The van der Waals surface area contributed by atoms with Gasteiger partial charge in [0.1, 0.15) is 36.6 Å². The van der Waals surface area contributed by atoms with E-state index in [4.69, 9.17) is 23.7 Å². The topological polar surface area (TPSA) is 66.4 Å².